The average molecular weight is 290 g/mol. The fraction of sp³-hybridized carbons (Fsp3) is 0.188. The van der Waals surface area contributed by atoms with Gasteiger partial charge in [0.25, 0.3) is 5.91 Å². The van der Waals surface area contributed by atoms with Gasteiger partial charge in [-0.2, -0.15) is 0 Å². The molecule has 3 nitrogen and oxygen atoms in total. The van der Waals surface area contributed by atoms with Crippen LogP contribution in [0.2, 0.25) is 5.02 Å². The molecule has 0 heterocycles. The molecule has 1 N–H and O–H groups in total. The van der Waals surface area contributed by atoms with Gasteiger partial charge in [-0.3, -0.25) is 4.79 Å². The number of hydrogen-bond donors (Lipinski definition) is 1. The summed E-state index contributed by atoms with van der Waals surface area (Å²) in [6.07, 6.45) is 0.726. The largest absolute Gasteiger partial charge is 0.496 e. The molecule has 2 rings (SSSR count). The van der Waals surface area contributed by atoms with Gasteiger partial charge in [0.2, 0.25) is 0 Å². The predicted molar refractivity (Wildman–Crippen MR) is 80.5 cm³/mol. The molecule has 0 saturated heterocycles. The van der Waals surface area contributed by atoms with Crippen LogP contribution < -0.4 is 10.1 Å². The minimum atomic E-state index is -0.100. The second-order valence-corrected chi connectivity index (χ2v) is 4.76. The van der Waals surface area contributed by atoms with E-state index in [0.717, 1.165) is 17.7 Å². The molecule has 0 aliphatic heterocycles. The minimum absolute atomic E-state index is 0.100. The van der Waals surface area contributed by atoms with Gasteiger partial charge in [0.05, 0.1) is 7.11 Å². The maximum absolute atomic E-state index is 11.9. The van der Waals surface area contributed by atoms with Crippen molar-refractivity contribution >= 4 is 17.5 Å². The molecule has 0 fully saturated rings. The van der Waals surface area contributed by atoms with Crippen LogP contribution in [0.1, 0.15) is 15.9 Å². The van der Waals surface area contributed by atoms with Gasteiger partial charge in [-0.05, 0) is 42.3 Å². The molecule has 0 aliphatic rings. The monoisotopic (exact) mass is 289 g/mol. The number of rotatable bonds is 5. The lowest BCUT2D eigenvalue weighted by molar-refractivity contribution is 0.0954. The Labute approximate surface area is 123 Å². The highest BCUT2D eigenvalue weighted by Crippen LogP contribution is 2.17. The summed E-state index contributed by atoms with van der Waals surface area (Å²) in [7, 11) is 1.64. The molecule has 4 heteroatoms. The molecular weight excluding hydrogens is 274 g/mol. The molecule has 2 aromatic carbocycles. The van der Waals surface area contributed by atoms with Gasteiger partial charge >= 0.3 is 0 Å². The van der Waals surface area contributed by atoms with E-state index in [-0.39, 0.29) is 5.91 Å². The lowest BCUT2D eigenvalue weighted by atomic mass is 10.1. The van der Waals surface area contributed by atoms with Crippen molar-refractivity contribution in [1.29, 1.82) is 0 Å². The van der Waals surface area contributed by atoms with E-state index in [2.05, 4.69) is 5.32 Å². The van der Waals surface area contributed by atoms with E-state index in [9.17, 15) is 4.79 Å². The van der Waals surface area contributed by atoms with Crippen molar-refractivity contribution in [3.8, 4) is 5.75 Å². The van der Waals surface area contributed by atoms with Crippen molar-refractivity contribution in [3.05, 3.63) is 64.7 Å². The SMILES string of the molecule is COc1ccccc1CCNC(=O)c1ccc(Cl)cc1. The van der Waals surface area contributed by atoms with Gasteiger partial charge in [-0.25, -0.2) is 0 Å². The zero-order valence-corrected chi connectivity index (χ0v) is 12.0. The number of hydrogen-bond acceptors (Lipinski definition) is 2. The van der Waals surface area contributed by atoms with Gasteiger partial charge in [-0.1, -0.05) is 29.8 Å². The summed E-state index contributed by atoms with van der Waals surface area (Å²) in [6, 6.07) is 14.6. The number of carbonyl (C=O) groups is 1. The quantitative estimate of drug-likeness (QED) is 0.917. The van der Waals surface area contributed by atoms with Crippen LogP contribution in [0.15, 0.2) is 48.5 Å². The van der Waals surface area contributed by atoms with E-state index < -0.39 is 0 Å². The van der Waals surface area contributed by atoms with Crippen molar-refractivity contribution in [3.63, 3.8) is 0 Å². The molecule has 0 radical (unpaired) electrons. The summed E-state index contributed by atoms with van der Waals surface area (Å²) in [5.41, 5.74) is 1.68. The third kappa shape index (κ3) is 3.75. The van der Waals surface area contributed by atoms with Crippen molar-refractivity contribution in [1.82, 2.24) is 5.32 Å². The summed E-state index contributed by atoms with van der Waals surface area (Å²) >= 11 is 5.79. The Balaban J connectivity index is 1.89. The van der Waals surface area contributed by atoms with Crippen LogP contribution in [-0.2, 0) is 6.42 Å². The number of ether oxygens (including phenoxy) is 1. The second-order valence-electron chi connectivity index (χ2n) is 4.32. The van der Waals surface area contributed by atoms with Crippen molar-refractivity contribution < 1.29 is 9.53 Å². The van der Waals surface area contributed by atoms with Gasteiger partial charge in [0.15, 0.2) is 0 Å². The Hall–Kier alpha value is -2.00. The number of carbonyl (C=O) groups excluding carboxylic acids is 1. The summed E-state index contributed by atoms with van der Waals surface area (Å²) in [5.74, 6) is 0.741. The third-order valence-electron chi connectivity index (χ3n) is 2.98. The first-order valence-electron chi connectivity index (χ1n) is 6.36. The fourth-order valence-corrected chi connectivity index (χ4v) is 2.05. The standard InChI is InChI=1S/C16H16ClNO2/c1-20-15-5-3-2-4-12(15)10-11-18-16(19)13-6-8-14(17)9-7-13/h2-9H,10-11H2,1H3,(H,18,19). The van der Waals surface area contributed by atoms with E-state index in [4.69, 9.17) is 16.3 Å². The van der Waals surface area contributed by atoms with Crippen molar-refractivity contribution in [2.75, 3.05) is 13.7 Å². The smallest absolute Gasteiger partial charge is 0.251 e. The van der Waals surface area contributed by atoms with Crippen LogP contribution >= 0.6 is 11.6 Å². The Morgan fingerprint density at radius 3 is 2.55 bits per heavy atom. The molecule has 2 aromatic rings. The van der Waals surface area contributed by atoms with Crippen LogP contribution in [-0.4, -0.2) is 19.6 Å². The first-order chi connectivity index (χ1) is 9.70. The summed E-state index contributed by atoms with van der Waals surface area (Å²) in [6.45, 7) is 0.557. The van der Waals surface area contributed by atoms with Crippen molar-refractivity contribution in [2.45, 2.75) is 6.42 Å². The molecule has 0 spiro atoms. The van der Waals surface area contributed by atoms with E-state index in [1.807, 2.05) is 24.3 Å². The Morgan fingerprint density at radius 1 is 1.15 bits per heavy atom. The highest BCUT2D eigenvalue weighted by atomic mass is 35.5. The summed E-state index contributed by atoms with van der Waals surface area (Å²) in [5, 5.41) is 3.50. The second kappa shape index (κ2) is 6.96. The van der Waals surface area contributed by atoms with Gasteiger partial charge in [0, 0.05) is 17.1 Å². The topological polar surface area (TPSA) is 38.3 Å². The van der Waals surface area contributed by atoms with Crippen LogP contribution in [0.4, 0.5) is 0 Å². The molecule has 0 bridgehead atoms. The van der Waals surface area contributed by atoms with Crippen LogP contribution in [0.25, 0.3) is 0 Å². The summed E-state index contributed by atoms with van der Waals surface area (Å²) in [4.78, 5) is 11.9. The number of benzene rings is 2. The first kappa shape index (κ1) is 14.4. The molecule has 20 heavy (non-hydrogen) atoms. The molecular formula is C16H16ClNO2. The number of para-hydroxylation sites is 1. The molecule has 0 aliphatic carbocycles. The third-order valence-corrected chi connectivity index (χ3v) is 3.23. The van der Waals surface area contributed by atoms with E-state index in [1.54, 1.807) is 31.4 Å². The van der Waals surface area contributed by atoms with Gasteiger partial charge < -0.3 is 10.1 Å². The van der Waals surface area contributed by atoms with Crippen LogP contribution in [0, 0.1) is 0 Å². The molecule has 0 unspecified atom stereocenters. The van der Waals surface area contributed by atoms with E-state index in [1.165, 1.54) is 0 Å². The number of methoxy groups -OCH3 is 1. The number of halogens is 1. The number of amides is 1. The summed E-state index contributed by atoms with van der Waals surface area (Å²) < 4.78 is 5.27. The maximum atomic E-state index is 11.9. The predicted octanol–water partition coefficient (Wildman–Crippen LogP) is 3.32. The van der Waals surface area contributed by atoms with E-state index in [0.29, 0.717) is 17.1 Å². The highest BCUT2D eigenvalue weighted by molar-refractivity contribution is 6.30. The van der Waals surface area contributed by atoms with Gasteiger partial charge in [0.1, 0.15) is 5.75 Å². The highest BCUT2D eigenvalue weighted by Gasteiger charge is 2.06. The van der Waals surface area contributed by atoms with Crippen LogP contribution in [0.5, 0.6) is 5.75 Å². The lowest BCUT2D eigenvalue weighted by Gasteiger charge is -2.09. The normalized spacial score (nSPS) is 10.1. The molecule has 104 valence electrons. The zero-order chi connectivity index (χ0) is 14.4. The molecule has 0 atom stereocenters. The molecule has 0 aromatic heterocycles. The molecule has 0 saturated carbocycles. The lowest BCUT2D eigenvalue weighted by Crippen LogP contribution is -2.25. The maximum Gasteiger partial charge on any atom is 0.251 e. The van der Waals surface area contributed by atoms with Crippen molar-refractivity contribution in [2.24, 2.45) is 0 Å². The van der Waals surface area contributed by atoms with Crippen LogP contribution in [0.3, 0.4) is 0 Å². The Morgan fingerprint density at radius 2 is 1.85 bits per heavy atom. The Bertz CT molecular complexity index is 581. The Kier molecular flexibility index (Phi) is 5.02. The average Bonchev–Trinajstić information content (AvgIpc) is 2.48. The van der Waals surface area contributed by atoms with Gasteiger partial charge in [-0.15, -0.1) is 0 Å². The number of nitrogens with one attached hydrogen (secondary N) is 1. The zero-order valence-electron chi connectivity index (χ0n) is 11.2. The fourth-order valence-electron chi connectivity index (χ4n) is 1.92. The first-order valence-corrected chi connectivity index (χ1v) is 6.74. The van der Waals surface area contributed by atoms with E-state index >= 15 is 0 Å². The minimum Gasteiger partial charge on any atom is -0.496 e. The molecule has 1 amide bonds.